The van der Waals surface area contributed by atoms with E-state index in [1.807, 2.05) is 30.3 Å². The van der Waals surface area contributed by atoms with Gasteiger partial charge in [-0.25, -0.2) is 0 Å². The van der Waals surface area contributed by atoms with Gasteiger partial charge in [-0.1, -0.05) is 12.1 Å². The van der Waals surface area contributed by atoms with Gasteiger partial charge in [-0.3, -0.25) is 14.6 Å². The minimum Gasteiger partial charge on any atom is -0.507 e. The molecule has 1 aromatic heterocycles. The number of aromatic nitrogens is 1. The summed E-state index contributed by atoms with van der Waals surface area (Å²) >= 11 is 0. The van der Waals surface area contributed by atoms with Gasteiger partial charge >= 0.3 is 0 Å². The lowest BCUT2D eigenvalue weighted by molar-refractivity contribution is -0.140. The first-order valence-corrected chi connectivity index (χ1v) is 11.1. The quantitative estimate of drug-likeness (QED) is 0.354. The van der Waals surface area contributed by atoms with Crippen molar-refractivity contribution >= 4 is 17.4 Å². The van der Waals surface area contributed by atoms with Crippen molar-refractivity contribution in [3.63, 3.8) is 0 Å². The molecule has 0 aliphatic carbocycles. The number of hydrogen-bond donors (Lipinski definition) is 1. The van der Waals surface area contributed by atoms with Crippen LogP contribution < -0.4 is 9.47 Å². The average molecular weight is 456 g/mol. The number of aryl methyl sites for hydroxylation is 1. The Balaban J connectivity index is 1.59. The van der Waals surface area contributed by atoms with E-state index < -0.39 is 17.7 Å². The number of aliphatic hydroxyl groups excluding tert-OH is 1. The number of hydrogen-bond acceptors (Lipinski definition) is 6. The molecule has 0 saturated carbocycles. The molecule has 3 heterocycles. The van der Waals surface area contributed by atoms with Gasteiger partial charge in [0.1, 0.15) is 17.3 Å². The molecule has 1 saturated heterocycles. The van der Waals surface area contributed by atoms with Gasteiger partial charge < -0.3 is 19.5 Å². The minimum atomic E-state index is -0.739. The maximum absolute atomic E-state index is 13.2. The van der Waals surface area contributed by atoms with Crippen molar-refractivity contribution in [3.05, 3.63) is 94.8 Å². The van der Waals surface area contributed by atoms with Gasteiger partial charge in [0.25, 0.3) is 11.7 Å². The smallest absolute Gasteiger partial charge is 0.295 e. The highest BCUT2D eigenvalue weighted by atomic mass is 16.5. The first kappa shape index (κ1) is 21.7. The summed E-state index contributed by atoms with van der Waals surface area (Å²) in [5, 5.41) is 11.3. The number of methoxy groups -OCH3 is 1. The van der Waals surface area contributed by atoms with Crippen molar-refractivity contribution in [1.82, 2.24) is 9.88 Å². The monoisotopic (exact) mass is 456 g/mol. The molecule has 34 heavy (non-hydrogen) atoms. The van der Waals surface area contributed by atoms with E-state index in [-0.39, 0.29) is 17.9 Å². The van der Waals surface area contributed by atoms with Gasteiger partial charge in [-0.2, -0.15) is 0 Å². The van der Waals surface area contributed by atoms with E-state index in [9.17, 15) is 14.7 Å². The summed E-state index contributed by atoms with van der Waals surface area (Å²) in [6.45, 7) is 0.868. The molecule has 7 heteroatoms. The number of fused-ring (bicyclic) bond motifs is 1. The summed E-state index contributed by atoms with van der Waals surface area (Å²) in [5.41, 5.74) is 3.08. The van der Waals surface area contributed by atoms with Crippen molar-refractivity contribution in [2.24, 2.45) is 0 Å². The molecule has 1 amide bonds. The molecule has 2 aliphatic rings. The number of carbonyl (C=O) groups excluding carboxylic acids is 2. The van der Waals surface area contributed by atoms with Gasteiger partial charge in [0.2, 0.25) is 0 Å². The molecular weight excluding hydrogens is 432 g/mol. The summed E-state index contributed by atoms with van der Waals surface area (Å²) in [4.78, 5) is 31.9. The molecule has 2 aromatic carbocycles. The number of ether oxygens (including phenoxy) is 2. The van der Waals surface area contributed by atoms with Crippen molar-refractivity contribution in [1.29, 1.82) is 0 Å². The SMILES string of the molecule is COc1ccc(CN2C(=O)C(=O)/C(=C(\O)c3ccc4c(c3)CCCO4)C2c2ccncc2)cc1. The van der Waals surface area contributed by atoms with E-state index in [0.717, 1.165) is 29.7 Å². The van der Waals surface area contributed by atoms with E-state index in [0.29, 0.717) is 23.5 Å². The number of aliphatic hydroxyl groups is 1. The van der Waals surface area contributed by atoms with Crippen LogP contribution in [0, 0.1) is 0 Å². The number of carbonyl (C=O) groups is 2. The topological polar surface area (TPSA) is 89.0 Å². The van der Waals surface area contributed by atoms with E-state index >= 15 is 0 Å². The van der Waals surface area contributed by atoms with Crippen molar-refractivity contribution < 1.29 is 24.2 Å². The number of nitrogens with zero attached hydrogens (tertiary/aromatic N) is 2. The minimum absolute atomic E-state index is 0.0707. The fourth-order valence-corrected chi connectivity index (χ4v) is 4.53. The zero-order chi connectivity index (χ0) is 23.7. The van der Waals surface area contributed by atoms with Crippen LogP contribution in [0.4, 0.5) is 0 Å². The van der Waals surface area contributed by atoms with Gasteiger partial charge in [0, 0.05) is 24.5 Å². The summed E-state index contributed by atoms with van der Waals surface area (Å²) < 4.78 is 10.9. The van der Waals surface area contributed by atoms with Crippen LogP contribution in [0.25, 0.3) is 5.76 Å². The van der Waals surface area contributed by atoms with E-state index in [4.69, 9.17) is 9.47 Å². The number of ketones is 1. The number of likely N-dealkylation sites (tertiary alicyclic amines) is 1. The summed E-state index contributed by atoms with van der Waals surface area (Å²) in [6, 6.07) is 15.5. The standard InChI is InChI=1S/C27H24N2O5/c1-33-21-7-4-17(5-8-21)16-29-24(18-10-12-28-13-11-18)23(26(31)27(29)32)25(30)20-6-9-22-19(15-20)3-2-14-34-22/h4-13,15,24,30H,2-3,14,16H2,1H3/b25-23-. The highest BCUT2D eigenvalue weighted by Gasteiger charge is 2.46. The largest absolute Gasteiger partial charge is 0.507 e. The summed E-state index contributed by atoms with van der Waals surface area (Å²) in [6.07, 6.45) is 4.94. The highest BCUT2D eigenvalue weighted by molar-refractivity contribution is 6.46. The first-order chi connectivity index (χ1) is 16.6. The van der Waals surface area contributed by atoms with Crippen LogP contribution in [0.1, 0.15) is 34.7 Å². The number of Topliss-reactive ketones (excluding diaryl/α,β-unsaturated/α-hetero) is 1. The van der Waals surface area contributed by atoms with Crippen LogP contribution in [0.2, 0.25) is 0 Å². The van der Waals surface area contributed by atoms with E-state index in [2.05, 4.69) is 4.98 Å². The maximum atomic E-state index is 13.2. The molecule has 1 atom stereocenters. The Labute approximate surface area is 197 Å². The highest BCUT2D eigenvalue weighted by Crippen LogP contribution is 2.41. The van der Waals surface area contributed by atoms with Crippen LogP contribution in [-0.4, -0.2) is 40.4 Å². The molecule has 2 aliphatic heterocycles. The normalized spacial score (nSPS) is 19.0. The van der Waals surface area contributed by atoms with Crippen LogP contribution in [-0.2, 0) is 22.6 Å². The van der Waals surface area contributed by atoms with Crippen molar-refractivity contribution in [2.75, 3.05) is 13.7 Å². The zero-order valence-electron chi connectivity index (χ0n) is 18.7. The molecule has 1 unspecified atom stereocenters. The first-order valence-electron chi connectivity index (χ1n) is 11.1. The van der Waals surface area contributed by atoms with Crippen molar-refractivity contribution in [2.45, 2.75) is 25.4 Å². The Morgan fingerprint density at radius 2 is 1.88 bits per heavy atom. The average Bonchev–Trinajstić information content (AvgIpc) is 3.14. The third kappa shape index (κ3) is 3.90. The van der Waals surface area contributed by atoms with E-state index in [1.54, 1.807) is 43.8 Å². The Hall–Kier alpha value is -4.13. The lowest BCUT2D eigenvalue weighted by Gasteiger charge is -2.25. The predicted octanol–water partition coefficient (Wildman–Crippen LogP) is 4.04. The molecule has 3 aromatic rings. The van der Waals surface area contributed by atoms with Gasteiger partial charge in [-0.15, -0.1) is 0 Å². The number of amides is 1. The summed E-state index contributed by atoms with van der Waals surface area (Å²) in [5.74, 6) is -0.0608. The fraction of sp³-hybridized carbons (Fsp3) is 0.222. The third-order valence-corrected chi connectivity index (χ3v) is 6.26. The van der Waals surface area contributed by atoms with Gasteiger partial charge in [-0.05, 0) is 72.0 Å². The molecular formula is C27H24N2O5. The maximum Gasteiger partial charge on any atom is 0.295 e. The van der Waals surface area contributed by atoms with E-state index in [1.165, 1.54) is 4.90 Å². The predicted molar refractivity (Wildman–Crippen MR) is 125 cm³/mol. The number of benzene rings is 2. The Bertz CT molecular complexity index is 1270. The van der Waals surface area contributed by atoms with Crippen LogP contribution >= 0.6 is 0 Å². The number of rotatable bonds is 5. The van der Waals surface area contributed by atoms with Crippen LogP contribution in [0.3, 0.4) is 0 Å². The molecule has 172 valence electrons. The van der Waals surface area contributed by atoms with Crippen molar-refractivity contribution in [3.8, 4) is 11.5 Å². The fourth-order valence-electron chi connectivity index (χ4n) is 4.53. The third-order valence-electron chi connectivity index (χ3n) is 6.26. The Kier molecular flexibility index (Phi) is 5.76. The second-order valence-corrected chi connectivity index (χ2v) is 8.33. The van der Waals surface area contributed by atoms with Crippen LogP contribution in [0.15, 0.2) is 72.6 Å². The molecule has 5 rings (SSSR count). The second kappa shape index (κ2) is 9.02. The number of pyridine rings is 1. The molecule has 0 radical (unpaired) electrons. The van der Waals surface area contributed by atoms with Gasteiger partial charge in [0.05, 0.1) is 25.3 Å². The lowest BCUT2D eigenvalue weighted by atomic mass is 9.94. The molecule has 0 spiro atoms. The zero-order valence-corrected chi connectivity index (χ0v) is 18.7. The molecule has 1 fully saturated rings. The molecule has 0 bridgehead atoms. The molecule has 7 nitrogen and oxygen atoms in total. The van der Waals surface area contributed by atoms with Gasteiger partial charge in [0.15, 0.2) is 0 Å². The second-order valence-electron chi connectivity index (χ2n) is 8.33. The molecule has 1 N–H and O–H groups in total. The lowest BCUT2D eigenvalue weighted by Crippen LogP contribution is -2.29. The van der Waals surface area contributed by atoms with Crippen LogP contribution in [0.5, 0.6) is 11.5 Å². The Morgan fingerprint density at radius 1 is 1.12 bits per heavy atom. The Morgan fingerprint density at radius 3 is 2.62 bits per heavy atom. The summed E-state index contributed by atoms with van der Waals surface area (Å²) in [7, 11) is 1.59.